The lowest BCUT2D eigenvalue weighted by molar-refractivity contribution is 0.154. The molecule has 1 rings (SSSR count). The summed E-state index contributed by atoms with van der Waals surface area (Å²) in [7, 11) is 2.75. The Balaban J connectivity index is 3.01. The van der Waals surface area contributed by atoms with E-state index in [1.807, 2.05) is 0 Å². The number of ether oxygens (including phenoxy) is 2. The van der Waals surface area contributed by atoms with Crippen molar-refractivity contribution in [2.75, 3.05) is 37.5 Å². The monoisotopic (exact) mass is 326 g/mol. The first kappa shape index (κ1) is 14.8. The molecule has 102 valence electrons. The van der Waals surface area contributed by atoms with Crippen molar-refractivity contribution in [2.24, 2.45) is 0 Å². The predicted molar refractivity (Wildman–Crippen MR) is 64.9 cm³/mol. The Labute approximate surface area is 111 Å². The van der Waals surface area contributed by atoms with E-state index in [0.29, 0.717) is 11.9 Å². The molecule has 0 N–H and O–H groups in total. The van der Waals surface area contributed by atoms with Gasteiger partial charge in [0, 0.05) is 11.9 Å². The van der Waals surface area contributed by atoms with E-state index in [0.717, 1.165) is 0 Å². The number of methoxy groups -OCH3 is 2. The van der Waals surface area contributed by atoms with E-state index in [9.17, 15) is 8.78 Å². The van der Waals surface area contributed by atoms with E-state index in [-0.39, 0.29) is 18.0 Å². The Morgan fingerprint density at radius 2 is 1.72 bits per heavy atom. The average Bonchev–Trinajstić information content (AvgIpc) is 2.37. The fourth-order valence-corrected chi connectivity index (χ4v) is 1.62. The third-order valence-corrected chi connectivity index (χ3v) is 2.30. The van der Waals surface area contributed by atoms with Crippen molar-refractivity contribution in [3.8, 4) is 12.0 Å². The maximum Gasteiger partial charge on any atom is 0.324 e. The highest BCUT2D eigenvalue weighted by Crippen LogP contribution is 2.17. The maximum atomic E-state index is 12.5. The van der Waals surface area contributed by atoms with E-state index in [1.54, 1.807) is 0 Å². The molecule has 9 heteroatoms. The smallest absolute Gasteiger partial charge is 0.324 e. The molecule has 0 aliphatic heterocycles. The van der Waals surface area contributed by atoms with Crippen LogP contribution in [0.2, 0.25) is 0 Å². The van der Waals surface area contributed by atoms with Gasteiger partial charge in [0.2, 0.25) is 5.95 Å². The predicted octanol–water partition coefficient (Wildman–Crippen LogP) is 1.36. The summed E-state index contributed by atoms with van der Waals surface area (Å²) in [6, 6.07) is 0.0383. The summed E-state index contributed by atoms with van der Waals surface area (Å²) in [6.45, 7) is -0.136. The minimum absolute atomic E-state index is 0.0192. The molecule has 0 saturated carbocycles. The number of halogens is 3. The summed E-state index contributed by atoms with van der Waals surface area (Å²) < 4.78 is 34.7. The van der Waals surface area contributed by atoms with E-state index in [2.05, 4.69) is 30.9 Å². The van der Waals surface area contributed by atoms with Crippen LogP contribution in [-0.4, -0.2) is 54.0 Å². The molecule has 0 radical (unpaired) electrons. The first-order valence-electron chi connectivity index (χ1n) is 5.03. The van der Waals surface area contributed by atoms with Crippen LogP contribution >= 0.6 is 15.9 Å². The van der Waals surface area contributed by atoms with Crippen molar-refractivity contribution in [3.63, 3.8) is 0 Å². The first-order chi connectivity index (χ1) is 8.60. The van der Waals surface area contributed by atoms with Gasteiger partial charge in [-0.25, -0.2) is 8.78 Å². The zero-order valence-corrected chi connectivity index (χ0v) is 11.5. The SMILES string of the molecule is COc1nc(OC)nc(N(CCBr)CC(F)F)n1. The molecular formula is C9H13BrF2N4O2. The average molecular weight is 327 g/mol. The van der Waals surface area contributed by atoms with Crippen LogP contribution in [0.25, 0.3) is 0 Å². The third-order valence-electron chi connectivity index (χ3n) is 1.94. The molecule has 0 spiro atoms. The summed E-state index contributed by atoms with van der Waals surface area (Å²) in [5.41, 5.74) is 0. The van der Waals surface area contributed by atoms with Gasteiger partial charge < -0.3 is 14.4 Å². The molecule has 0 aliphatic rings. The number of hydrogen-bond donors (Lipinski definition) is 0. The molecule has 6 nitrogen and oxygen atoms in total. The lowest BCUT2D eigenvalue weighted by Crippen LogP contribution is -2.32. The Hall–Kier alpha value is -1.25. The van der Waals surface area contributed by atoms with Crippen LogP contribution in [0.4, 0.5) is 14.7 Å². The number of nitrogens with zero attached hydrogens (tertiary/aromatic N) is 4. The van der Waals surface area contributed by atoms with Crippen molar-refractivity contribution < 1.29 is 18.3 Å². The van der Waals surface area contributed by atoms with Crippen molar-refractivity contribution in [1.29, 1.82) is 0 Å². The lowest BCUT2D eigenvalue weighted by Gasteiger charge is -2.21. The Morgan fingerprint density at radius 3 is 2.11 bits per heavy atom. The summed E-state index contributed by atoms with van der Waals surface area (Å²) >= 11 is 3.19. The molecule has 1 aromatic heterocycles. The van der Waals surface area contributed by atoms with E-state index in [4.69, 9.17) is 9.47 Å². The van der Waals surface area contributed by atoms with E-state index < -0.39 is 13.0 Å². The number of hydrogen-bond acceptors (Lipinski definition) is 6. The Bertz CT molecular complexity index is 361. The highest BCUT2D eigenvalue weighted by Gasteiger charge is 2.17. The molecule has 0 amide bonds. The minimum Gasteiger partial charge on any atom is -0.467 e. The lowest BCUT2D eigenvalue weighted by atomic mass is 10.5. The normalized spacial score (nSPS) is 10.6. The van der Waals surface area contributed by atoms with E-state index in [1.165, 1.54) is 19.1 Å². The number of rotatable bonds is 7. The molecule has 1 heterocycles. The fraction of sp³-hybridized carbons (Fsp3) is 0.667. The third kappa shape index (κ3) is 4.21. The zero-order valence-electron chi connectivity index (χ0n) is 9.94. The van der Waals surface area contributed by atoms with Gasteiger partial charge in [0.1, 0.15) is 0 Å². The van der Waals surface area contributed by atoms with E-state index >= 15 is 0 Å². The maximum absolute atomic E-state index is 12.5. The molecule has 18 heavy (non-hydrogen) atoms. The standard InChI is InChI=1S/C9H13BrF2N4O2/c1-17-8-13-7(14-9(15-8)18-2)16(4-3-10)5-6(11)12/h6H,3-5H2,1-2H3. The van der Waals surface area contributed by atoms with Crippen LogP contribution in [0.5, 0.6) is 12.0 Å². The van der Waals surface area contributed by atoms with Gasteiger partial charge in [-0.2, -0.15) is 9.97 Å². The van der Waals surface area contributed by atoms with Crippen LogP contribution in [0.3, 0.4) is 0 Å². The highest BCUT2D eigenvalue weighted by atomic mass is 79.9. The van der Waals surface area contributed by atoms with Gasteiger partial charge in [-0.05, 0) is 0 Å². The number of aromatic nitrogens is 3. The highest BCUT2D eigenvalue weighted by molar-refractivity contribution is 9.09. The van der Waals surface area contributed by atoms with Gasteiger partial charge in [-0.1, -0.05) is 15.9 Å². The second-order valence-corrected chi connectivity index (χ2v) is 3.93. The largest absolute Gasteiger partial charge is 0.467 e. The van der Waals surface area contributed by atoms with Gasteiger partial charge in [0.15, 0.2) is 0 Å². The van der Waals surface area contributed by atoms with Gasteiger partial charge >= 0.3 is 12.0 Å². The molecule has 0 bridgehead atoms. The van der Waals surface area contributed by atoms with Crippen LogP contribution in [-0.2, 0) is 0 Å². The molecular weight excluding hydrogens is 314 g/mol. The molecule has 1 aromatic rings. The molecule has 0 fully saturated rings. The van der Waals surface area contributed by atoms with Crippen molar-refractivity contribution in [1.82, 2.24) is 15.0 Å². The van der Waals surface area contributed by atoms with Crippen molar-refractivity contribution in [2.45, 2.75) is 6.43 Å². The van der Waals surface area contributed by atoms with Crippen molar-refractivity contribution in [3.05, 3.63) is 0 Å². The first-order valence-corrected chi connectivity index (χ1v) is 6.16. The Morgan fingerprint density at radius 1 is 1.17 bits per heavy atom. The van der Waals surface area contributed by atoms with Gasteiger partial charge in [0.25, 0.3) is 6.43 Å². The second kappa shape index (κ2) is 7.24. The number of alkyl halides is 3. The van der Waals surface area contributed by atoms with Crippen LogP contribution in [0.1, 0.15) is 0 Å². The molecule has 0 aliphatic carbocycles. The van der Waals surface area contributed by atoms with Gasteiger partial charge in [0.05, 0.1) is 20.8 Å². The van der Waals surface area contributed by atoms with Gasteiger partial charge in [-0.3, -0.25) is 0 Å². The molecule has 0 aromatic carbocycles. The topological polar surface area (TPSA) is 60.4 Å². The Kier molecular flexibility index (Phi) is 5.96. The van der Waals surface area contributed by atoms with Crippen LogP contribution in [0.15, 0.2) is 0 Å². The van der Waals surface area contributed by atoms with Gasteiger partial charge in [-0.15, -0.1) is 4.98 Å². The minimum atomic E-state index is -2.49. The summed E-state index contributed by atoms with van der Waals surface area (Å²) in [5, 5.41) is 0.510. The summed E-state index contributed by atoms with van der Waals surface area (Å²) in [5.74, 6) is 0.0958. The number of anilines is 1. The fourth-order valence-electron chi connectivity index (χ4n) is 1.19. The summed E-state index contributed by atoms with van der Waals surface area (Å²) in [6.07, 6.45) is -2.49. The van der Waals surface area contributed by atoms with Crippen LogP contribution in [0, 0.1) is 0 Å². The molecule has 0 saturated heterocycles. The molecule has 0 unspecified atom stereocenters. The second-order valence-electron chi connectivity index (χ2n) is 3.13. The molecule has 0 atom stereocenters. The summed E-state index contributed by atoms with van der Waals surface area (Å²) in [4.78, 5) is 13.0. The zero-order chi connectivity index (χ0) is 13.5. The van der Waals surface area contributed by atoms with Crippen molar-refractivity contribution >= 4 is 21.9 Å². The van der Waals surface area contributed by atoms with Crippen LogP contribution < -0.4 is 14.4 Å². The quantitative estimate of drug-likeness (QED) is 0.705.